The number of thiophene rings is 1. The van der Waals surface area contributed by atoms with Crippen LogP contribution in [0.2, 0.25) is 0 Å². The molecule has 0 amide bonds. The second kappa shape index (κ2) is 2.93. The largest absolute Gasteiger partial charge is 0.313 e. The van der Waals surface area contributed by atoms with Crippen LogP contribution in [0, 0.1) is 12.3 Å². The molecule has 1 aliphatic rings. The van der Waals surface area contributed by atoms with E-state index in [0.717, 1.165) is 4.88 Å². The van der Waals surface area contributed by atoms with E-state index < -0.39 is 0 Å². The van der Waals surface area contributed by atoms with Gasteiger partial charge in [0.05, 0.1) is 0 Å². The predicted molar refractivity (Wildman–Crippen MR) is 52.1 cm³/mol. The number of terminal acetylenes is 1. The van der Waals surface area contributed by atoms with Crippen molar-refractivity contribution in [2.75, 3.05) is 0 Å². The third kappa shape index (κ3) is 1.16. The summed E-state index contributed by atoms with van der Waals surface area (Å²) >= 11 is 1.79. The van der Waals surface area contributed by atoms with Gasteiger partial charge in [0.1, 0.15) is 6.04 Å². The summed E-state index contributed by atoms with van der Waals surface area (Å²) in [5.41, 5.74) is 7.20. The molecule has 0 bridgehead atoms. The summed E-state index contributed by atoms with van der Waals surface area (Å²) < 4.78 is 0. The minimum atomic E-state index is -0.194. The molecule has 0 spiro atoms. The van der Waals surface area contributed by atoms with Gasteiger partial charge in [-0.1, -0.05) is 5.92 Å². The smallest absolute Gasteiger partial charge is 0.101 e. The zero-order chi connectivity index (χ0) is 8.55. The molecule has 12 heavy (non-hydrogen) atoms. The van der Waals surface area contributed by atoms with Crippen molar-refractivity contribution in [1.29, 1.82) is 0 Å². The monoisotopic (exact) mass is 177 g/mol. The summed E-state index contributed by atoms with van der Waals surface area (Å²) in [5, 5.41) is 0. The topological polar surface area (TPSA) is 26.0 Å². The van der Waals surface area contributed by atoms with Crippen LogP contribution in [0.15, 0.2) is 6.07 Å². The molecular formula is C10H11NS. The molecule has 1 aromatic heterocycles. The lowest BCUT2D eigenvalue weighted by atomic mass is 10.2. The van der Waals surface area contributed by atoms with E-state index in [4.69, 9.17) is 12.2 Å². The number of nitrogens with two attached hydrogens (primary N) is 1. The zero-order valence-corrected chi connectivity index (χ0v) is 7.66. The lowest BCUT2D eigenvalue weighted by molar-refractivity contribution is 0.908. The standard InChI is InChI=1S/C10H11NS/c1-2-8(11)10-6-7-4-3-5-9(7)12-10/h1,6,8H,3-5,11H2. The summed E-state index contributed by atoms with van der Waals surface area (Å²) in [7, 11) is 0. The van der Waals surface area contributed by atoms with Crippen LogP contribution in [0.25, 0.3) is 0 Å². The average molecular weight is 177 g/mol. The van der Waals surface area contributed by atoms with Gasteiger partial charge in [0.15, 0.2) is 0 Å². The van der Waals surface area contributed by atoms with Crippen LogP contribution in [0.4, 0.5) is 0 Å². The zero-order valence-electron chi connectivity index (χ0n) is 6.84. The first-order chi connectivity index (χ1) is 5.81. The van der Waals surface area contributed by atoms with Crippen LogP contribution in [0.3, 0.4) is 0 Å². The Morgan fingerprint density at radius 1 is 1.58 bits per heavy atom. The lowest BCUT2D eigenvalue weighted by Crippen LogP contribution is -2.04. The van der Waals surface area contributed by atoms with Crippen LogP contribution in [0.5, 0.6) is 0 Å². The van der Waals surface area contributed by atoms with Gasteiger partial charge in [-0.3, -0.25) is 0 Å². The summed E-state index contributed by atoms with van der Waals surface area (Å²) in [6.07, 6.45) is 8.98. The molecule has 62 valence electrons. The Labute approximate surface area is 76.6 Å². The fraction of sp³-hybridized carbons (Fsp3) is 0.400. The van der Waals surface area contributed by atoms with Crippen molar-refractivity contribution in [2.45, 2.75) is 25.3 Å². The second-order valence-electron chi connectivity index (χ2n) is 3.10. The first kappa shape index (κ1) is 7.85. The summed E-state index contributed by atoms with van der Waals surface area (Å²) in [5.74, 6) is 2.56. The van der Waals surface area contributed by atoms with Crippen molar-refractivity contribution in [3.63, 3.8) is 0 Å². The maximum Gasteiger partial charge on any atom is 0.101 e. The van der Waals surface area contributed by atoms with E-state index in [1.807, 2.05) is 0 Å². The normalized spacial score (nSPS) is 17.0. The third-order valence-electron chi connectivity index (χ3n) is 2.25. The van der Waals surface area contributed by atoms with E-state index in [1.165, 1.54) is 29.7 Å². The van der Waals surface area contributed by atoms with Crippen molar-refractivity contribution in [2.24, 2.45) is 5.73 Å². The molecule has 0 saturated heterocycles. The number of aryl methyl sites for hydroxylation is 2. The van der Waals surface area contributed by atoms with Crippen molar-refractivity contribution in [3.05, 3.63) is 21.4 Å². The first-order valence-electron chi connectivity index (χ1n) is 4.14. The summed E-state index contributed by atoms with van der Waals surface area (Å²) in [6.45, 7) is 0. The third-order valence-corrected chi connectivity index (χ3v) is 3.57. The highest BCUT2D eigenvalue weighted by Gasteiger charge is 2.16. The van der Waals surface area contributed by atoms with Gasteiger partial charge in [0.2, 0.25) is 0 Å². The first-order valence-corrected chi connectivity index (χ1v) is 4.96. The van der Waals surface area contributed by atoms with Crippen molar-refractivity contribution in [1.82, 2.24) is 0 Å². The van der Waals surface area contributed by atoms with Crippen LogP contribution in [0.1, 0.15) is 27.8 Å². The average Bonchev–Trinajstić information content (AvgIpc) is 2.60. The minimum absolute atomic E-state index is 0.194. The molecule has 0 saturated carbocycles. The molecule has 0 fully saturated rings. The highest BCUT2D eigenvalue weighted by molar-refractivity contribution is 7.12. The number of rotatable bonds is 1. The Balaban J connectivity index is 2.32. The van der Waals surface area contributed by atoms with Gasteiger partial charge in [0.25, 0.3) is 0 Å². The van der Waals surface area contributed by atoms with E-state index in [0.29, 0.717) is 0 Å². The Kier molecular flexibility index (Phi) is 1.92. The van der Waals surface area contributed by atoms with Crippen molar-refractivity contribution in [3.8, 4) is 12.3 Å². The summed E-state index contributed by atoms with van der Waals surface area (Å²) in [6, 6.07) is 1.98. The minimum Gasteiger partial charge on any atom is -0.313 e. The van der Waals surface area contributed by atoms with E-state index in [1.54, 1.807) is 11.3 Å². The van der Waals surface area contributed by atoms with Crippen LogP contribution in [-0.4, -0.2) is 0 Å². The molecule has 1 aliphatic carbocycles. The van der Waals surface area contributed by atoms with E-state index in [-0.39, 0.29) is 6.04 Å². The van der Waals surface area contributed by atoms with Gasteiger partial charge in [-0.05, 0) is 30.9 Å². The fourth-order valence-electron chi connectivity index (χ4n) is 1.59. The second-order valence-corrected chi connectivity index (χ2v) is 4.26. The SMILES string of the molecule is C#CC(N)c1cc2c(s1)CCC2. The van der Waals surface area contributed by atoms with Crippen molar-refractivity contribution < 1.29 is 0 Å². The van der Waals surface area contributed by atoms with E-state index >= 15 is 0 Å². The van der Waals surface area contributed by atoms with Crippen LogP contribution >= 0.6 is 11.3 Å². The Hall–Kier alpha value is -0.780. The summed E-state index contributed by atoms with van der Waals surface area (Å²) in [4.78, 5) is 2.65. The van der Waals surface area contributed by atoms with E-state index in [9.17, 15) is 0 Å². The molecule has 1 atom stereocenters. The Morgan fingerprint density at radius 3 is 3.08 bits per heavy atom. The number of fused-ring (bicyclic) bond motifs is 1. The molecule has 2 rings (SSSR count). The Morgan fingerprint density at radius 2 is 2.42 bits per heavy atom. The molecule has 2 heteroatoms. The predicted octanol–water partition coefficient (Wildman–Crippen LogP) is 1.87. The lowest BCUT2D eigenvalue weighted by Gasteiger charge is -1.98. The molecule has 1 heterocycles. The van der Waals surface area contributed by atoms with Gasteiger partial charge in [0, 0.05) is 9.75 Å². The molecule has 1 unspecified atom stereocenters. The Bertz CT molecular complexity index is 311. The van der Waals surface area contributed by atoms with E-state index in [2.05, 4.69) is 12.0 Å². The van der Waals surface area contributed by atoms with Gasteiger partial charge < -0.3 is 5.73 Å². The number of hydrogen-bond donors (Lipinski definition) is 1. The highest BCUT2D eigenvalue weighted by Crippen LogP contribution is 2.32. The molecule has 0 aliphatic heterocycles. The van der Waals surface area contributed by atoms with Crippen LogP contribution < -0.4 is 5.73 Å². The molecule has 1 nitrogen and oxygen atoms in total. The molecule has 1 aromatic rings. The van der Waals surface area contributed by atoms with Gasteiger partial charge in [-0.25, -0.2) is 0 Å². The fourth-order valence-corrected chi connectivity index (χ4v) is 2.81. The van der Waals surface area contributed by atoms with Crippen molar-refractivity contribution >= 4 is 11.3 Å². The van der Waals surface area contributed by atoms with Gasteiger partial charge in [-0.2, -0.15) is 0 Å². The quantitative estimate of drug-likeness (QED) is 0.651. The molecule has 2 N–H and O–H groups in total. The molecule has 0 aromatic carbocycles. The highest BCUT2D eigenvalue weighted by atomic mass is 32.1. The molecule has 0 radical (unpaired) electrons. The van der Waals surface area contributed by atoms with Gasteiger partial charge >= 0.3 is 0 Å². The van der Waals surface area contributed by atoms with Gasteiger partial charge in [-0.15, -0.1) is 17.8 Å². The maximum atomic E-state index is 5.73. The maximum absolute atomic E-state index is 5.73. The molecular weight excluding hydrogens is 166 g/mol. The van der Waals surface area contributed by atoms with Crippen LogP contribution in [-0.2, 0) is 12.8 Å². The number of hydrogen-bond acceptors (Lipinski definition) is 2.